The van der Waals surface area contributed by atoms with Gasteiger partial charge in [-0.3, -0.25) is 4.79 Å². The van der Waals surface area contributed by atoms with Crippen LogP contribution in [0.25, 0.3) is 22.6 Å². The third-order valence-corrected chi connectivity index (χ3v) is 6.36. The van der Waals surface area contributed by atoms with Crippen LogP contribution < -0.4 is 10.5 Å². The number of amides is 1. The van der Waals surface area contributed by atoms with Gasteiger partial charge >= 0.3 is 0 Å². The second-order valence-corrected chi connectivity index (χ2v) is 8.88. The third-order valence-electron chi connectivity index (χ3n) is 6.36. The molecular weight excluding hydrogens is 426 g/mol. The number of nitrogens with two attached hydrogens (primary N) is 1. The molecule has 7 nitrogen and oxygen atoms in total. The summed E-state index contributed by atoms with van der Waals surface area (Å²) in [5, 5.41) is 0. The summed E-state index contributed by atoms with van der Waals surface area (Å²) in [5.41, 5.74) is 10.5. The fourth-order valence-corrected chi connectivity index (χ4v) is 4.40. The maximum atomic E-state index is 12.1. The van der Waals surface area contributed by atoms with Gasteiger partial charge in [-0.05, 0) is 61.7 Å². The molecule has 0 unspecified atom stereocenters. The zero-order valence-electron chi connectivity index (χ0n) is 19.3. The van der Waals surface area contributed by atoms with E-state index in [4.69, 9.17) is 20.4 Å². The predicted molar refractivity (Wildman–Crippen MR) is 132 cm³/mol. The highest BCUT2D eigenvalue weighted by Crippen LogP contribution is 2.29. The molecule has 174 valence electrons. The Morgan fingerprint density at radius 2 is 1.79 bits per heavy atom. The first-order valence-electron chi connectivity index (χ1n) is 11.7. The summed E-state index contributed by atoms with van der Waals surface area (Å²) in [6.07, 6.45) is 1.78. The van der Waals surface area contributed by atoms with Crippen molar-refractivity contribution in [1.29, 1.82) is 0 Å². The molecule has 1 aliphatic heterocycles. The Labute approximate surface area is 199 Å². The van der Waals surface area contributed by atoms with Crippen molar-refractivity contribution in [3.8, 4) is 17.1 Å². The summed E-state index contributed by atoms with van der Waals surface area (Å²) in [7, 11) is 0. The Balaban J connectivity index is 1.25. The van der Waals surface area contributed by atoms with Gasteiger partial charge in [-0.1, -0.05) is 30.3 Å². The van der Waals surface area contributed by atoms with Gasteiger partial charge in [-0.15, -0.1) is 0 Å². The number of hydrogen-bond acceptors (Lipinski definition) is 5. The van der Waals surface area contributed by atoms with E-state index < -0.39 is 6.04 Å². The van der Waals surface area contributed by atoms with Crippen molar-refractivity contribution in [1.82, 2.24) is 19.9 Å². The SMILES string of the molecule is C[C@@H](N)C(=O)N1CCC(c2ccc3[nH]c(-c4ccc(OCc5ccccc5)cc4)nc3n2)CC1. The number of carbonyl (C=O) groups is 1. The van der Waals surface area contributed by atoms with Gasteiger partial charge < -0.3 is 20.4 Å². The Morgan fingerprint density at radius 1 is 1.06 bits per heavy atom. The molecule has 1 fully saturated rings. The van der Waals surface area contributed by atoms with Gasteiger partial charge in [0.05, 0.1) is 11.6 Å². The van der Waals surface area contributed by atoms with Gasteiger partial charge in [0.25, 0.3) is 0 Å². The smallest absolute Gasteiger partial charge is 0.239 e. The fourth-order valence-electron chi connectivity index (χ4n) is 4.40. The molecule has 4 aromatic rings. The van der Waals surface area contributed by atoms with Gasteiger partial charge in [0, 0.05) is 30.3 Å². The van der Waals surface area contributed by atoms with Gasteiger partial charge in [0.15, 0.2) is 5.65 Å². The Bertz CT molecular complexity index is 1260. The molecule has 1 saturated heterocycles. The van der Waals surface area contributed by atoms with Gasteiger partial charge in [-0.25, -0.2) is 9.97 Å². The lowest BCUT2D eigenvalue weighted by atomic mass is 9.92. The number of pyridine rings is 1. The molecule has 34 heavy (non-hydrogen) atoms. The number of aromatic amines is 1. The predicted octanol–water partition coefficient (Wildman–Crippen LogP) is 4.26. The maximum absolute atomic E-state index is 12.1. The molecule has 1 atom stereocenters. The number of carbonyl (C=O) groups excluding carboxylic acids is 1. The number of fused-ring (bicyclic) bond motifs is 1. The lowest BCUT2D eigenvalue weighted by Crippen LogP contribution is -2.45. The zero-order valence-corrected chi connectivity index (χ0v) is 19.3. The number of aromatic nitrogens is 3. The van der Waals surface area contributed by atoms with Crippen LogP contribution in [0.2, 0.25) is 0 Å². The van der Waals surface area contributed by atoms with Gasteiger partial charge in [-0.2, -0.15) is 0 Å². The Kier molecular flexibility index (Phi) is 6.27. The monoisotopic (exact) mass is 455 g/mol. The van der Waals surface area contributed by atoms with Crippen molar-refractivity contribution in [2.45, 2.75) is 38.3 Å². The molecule has 3 heterocycles. The minimum atomic E-state index is -0.446. The molecule has 0 radical (unpaired) electrons. The van der Waals surface area contributed by atoms with E-state index in [1.165, 1.54) is 0 Å². The number of H-pyrrole nitrogens is 1. The minimum Gasteiger partial charge on any atom is -0.489 e. The number of nitrogens with zero attached hydrogens (tertiary/aromatic N) is 3. The Hall–Kier alpha value is -3.71. The van der Waals surface area contributed by atoms with E-state index in [1.54, 1.807) is 6.92 Å². The van der Waals surface area contributed by atoms with Crippen molar-refractivity contribution >= 4 is 17.1 Å². The van der Waals surface area contributed by atoms with E-state index in [0.29, 0.717) is 18.2 Å². The lowest BCUT2D eigenvalue weighted by molar-refractivity contribution is -0.133. The van der Waals surface area contributed by atoms with Crippen LogP contribution in [0.1, 0.15) is 36.9 Å². The molecule has 5 rings (SSSR count). The van der Waals surface area contributed by atoms with E-state index in [-0.39, 0.29) is 5.91 Å². The van der Waals surface area contributed by atoms with Crippen LogP contribution in [0.5, 0.6) is 5.75 Å². The molecular formula is C27H29N5O2. The van der Waals surface area contributed by atoms with Crippen LogP contribution in [-0.2, 0) is 11.4 Å². The average molecular weight is 456 g/mol. The molecule has 2 aromatic heterocycles. The first-order chi connectivity index (χ1) is 16.6. The van der Waals surface area contributed by atoms with E-state index in [1.807, 2.05) is 65.6 Å². The van der Waals surface area contributed by atoms with Crippen molar-refractivity contribution in [2.24, 2.45) is 5.73 Å². The largest absolute Gasteiger partial charge is 0.489 e. The number of ether oxygens (including phenoxy) is 1. The number of likely N-dealkylation sites (tertiary alicyclic amines) is 1. The number of piperidine rings is 1. The average Bonchev–Trinajstić information content (AvgIpc) is 3.31. The molecule has 7 heteroatoms. The zero-order chi connectivity index (χ0) is 23.5. The molecule has 0 spiro atoms. The number of rotatable bonds is 6. The Morgan fingerprint density at radius 3 is 2.50 bits per heavy atom. The van der Waals surface area contributed by atoms with E-state index in [0.717, 1.165) is 59.8 Å². The lowest BCUT2D eigenvalue weighted by Gasteiger charge is -2.32. The number of nitrogens with one attached hydrogen (secondary N) is 1. The van der Waals surface area contributed by atoms with Crippen molar-refractivity contribution in [3.05, 3.63) is 78.0 Å². The molecule has 1 amide bonds. The van der Waals surface area contributed by atoms with Crippen molar-refractivity contribution in [3.63, 3.8) is 0 Å². The summed E-state index contributed by atoms with van der Waals surface area (Å²) in [4.78, 5) is 26.9. The van der Waals surface area contributed by atoms with Crippen molar-refractivity contribution < 1.29 is 9.53 Å². The van der Waals surface area contributed by atoms with E-state index in [9.17, 15) is 4.79 Å². The summed E-state index contributed by atoms with van der Waals surface area (Å²) in [6.45, 7) is 3.71. The number of hydrogen-bond donors (Lipinski definition) is 2. The molecule has 3 N–H and O–H groups in total. The molecule has 0 aliphatic carbocycles. The van der Waals surface area contributed by atoms with Crippen LogP contribution >= 0.6 is 0 Å². The topological polar surface area (TPSA) is 97.1 Å². The van der Waals surface area contributed by atoms with Crippen LogP contribution in [0.3, 0.4) is 0 Å². The summed E-state index contributed by atoms with van der Waals surface area (Å²) in [6, 6.07) is 21.7. The number of imidazole rings is 1. The van der Waals surface area contributed by atoms with E-state index >= 15 is 0 Å². The maximum Gasteiger partial charge on any atom is 0.239 e. The van der Waals surface area contributed by atoms with Gasteiger partial charge in [0.2, 0.25) is 5.91 Å². The van der Waals surface area contributed by atoms with Crippen molar-refractivity contribution in [2.75, 3.05) is 13.1 Å². The first kappa shape index (κ1) is 22.1. The highest BCUT2D eigenvalue weighted by atomic mass is 16.5. The normalized spacial score (nSPS) is 15.4. The highest BCUT2D eigenvalue weighted by molar-refractivity contribution is 5.81. The van der Waals surface area contributed by atoms with Crippen LogP contribution in [-0.4, -0.2) is 44.9 Å². The second-order valence-electron chi connectivity index (χ2n) is 8.88. The molecule has 2 aromatic carbocycles. The summed E-state index contributed by atoms with van der Waals surface area (Å²) in [5.74, 6) is 1.95. The van der Waals surface area contributed by atoms with E-state index in [2.05, 4.69) is 11.1 Å². The number of benzene rings is 2. The molecule has 0 bridgehead atoms. The quantitative estimate of drug-likeness (QED) is 0.453. The van der Waals surface area contributed by atoms with Crippen LogP contribution in [0, 0.1) is 0 Å². The summed E-state index contributed by atoms with van der Waals surface area (Å²) >= 11 is 0. The second kappa shape index (κ2) is 9.65. The molecule has 1 aliphatic rings. The first-order valence-corrected chi connectivity index (χ1v) is 11.7. The van der Waals surface area contributed by atoms with Crippen LogP contribution in [0.15, 0.2) is 66.7 Å². The minimum absolute atomic E-state index is 0.0234. The third kappa shape index (κ3) is 4.79. The van der Waals surface area contributed by atoms with Crippen LogP contribution in [0.4, 0.5) is 0 Å². The highest BCUT2D eigenvalue weighted by Gasteiger charge is 2.26. The standard InChI is InChI=1S/C27H29N5O2/c1-18(28)27(33)32-15-13-20(14-16-32)23-11-12-24-26(29-23)31-25(30-24)21-7-9-22(10-8-21)34-17-19-5-3-2-4-6-19/h2-12,18,20H,13-17,28H2,1H3,(H,29,30,31)/t18-/m1/s1. The molecule has 0 saturated carbocycles. The van der Waals surface area contributed by atoms with Gasteiger partial charge in [0.1, 0.15) is 18.2 Å². The summed E-state index contributed by atoms with van der Waals surface area (Å²) < 4.78 is 5.89. The fraction of sp³-hybridized carbons (Fsp3) is 0.296.